The predicted molar refractivity (Wildman–Crippen MR) is 109 cm³/mol. The molecule has 5 nitrogen and oxygen atoms in total. The van der Waals surface area contributed by atoms with E-state index < -0.39 is 10.0 Å². The summed E-state index contributed by atoms with van der Waals surface area (Å²) in [7, 11) is -3.79. The second-order valence-electron chi connectivity index (χ2n) is 6.80. The van der Waals surface area contributed by atoms with E-state index in [2.05, 4.69) is 15.9 Å². The molecule has 2 aromatic rings. The average molecular weight is 451 g/mol. The summed E-state index contributed by atoms with van der Waals surface area (Å²) in [4.78, 5) is 14.6. The van der Waals surface area contributed by atoms with Crippen LogP contribution in [-0.2, 0) is 21.4 Å². The van der Waals surface area contributed by atoms with Crippen molar-refractivity contribution in [3.05, 3.63) is 64.1 Å². The zero-order valence-electron chi connectivity index (χ0n) is 15.3. The number of hydrogen-bond acceptors (Lipinski definition) is 3. The quantitative estimate of drug-likeness (QED) is 0.675. The Morgan fingerprint density at radius 1 is 1.04 bits per heavy atom. The number of halogens is 1. The minimum atomic E-state index is -3.79. The normalized spacial score (nSPS) is 14.7. The van der Waals surface area contributed by atoms with Crippen LogP contribution in [-0.4, -0.2) is 43.2 Å². The summed E-state index contributed by atoms with van der Waals surface area (Å²) >= 11 is 3.33. The van der Waals surface area contributed by atoms with E-state index in [1.165, 1.54) is 4.31 Å². The summed E-state index contributed by atoms with van der Waals surface area (Å²) in [6.45, 7) is 3.41. The Balaban J connectivity index is 1.88. The first-order valence-corrected chi connectivity index (χ1v) is 11.2. The standard InChI is InChI=1S/C20H23BrN2O3S/c1-16-4-6-17(7-5-16)14-23(15-20(24)22-12-2-3-13-22)27(25,26)19-10-8-18(21)9-11-19/h4-11H,2-3,12-15H2,1H3. The molecule has 0 aliphatic carbocycles. The van der Waals surface area contributed by atoms with E-state index in [9.17, 15) is 13.2 Å². The fourth-order valence-electron chi connectivity index (χ4n) is 3.10. The smallest absolute Gasteiger partial charge is 0.243 e. The molecule has 0 saturated carbocycles. The van der Waals surface area contributed by atoms with E-state index in [1.54, 1.807) is 29.2 Å². The average Bonchev–Trinajstić information content (AvgIpc) is 3.18. The molecule has 1 amide bonds. The molecule has 0 aromatic heterocycles. The highest BCUT2D eigenvalue weighted by molar-refractivity contribution is 9.10. The molecule has 3 rings (SSSR count). The van der Waals surface area contributed by atoms with Gasteiger partial charge < -0.3 is 4.90 Å². The highest BCUT2D eigenvalue weighted by Gasteiger charge is 2.29. The van der Waals surface area contributed by atoms with E-state index in [1.807, 2.05) is 31.2 Å². The van der Waals surface area contributed by atoms with E-state index in [0.717, 1.165) is 28.4 Å². The number of nitrogens with zero attached hydrogens (tertiary/aromatic N) is 2. The van der Waals surface area contributed by atoms with Crippen LogP contribution in [0.2, 0.25) is 0 Å². The van der Waals surface area contributed by atoms with Gasteiger partial charge in [-0.25, -0.2) is 8.42 Å². The number of carbonyl (C=O) groups excluding carboxylic acids is 1. The molecule has 0 N–H and O–H groups in total. The van der Waals surface area contributed by atoms with Crippen molar-refractivity contribution in [1.29, 1.82) is 0 Å². The minimum Gasteiger partial charge on any atom is -0.342 e. The van der Waals surface area contributed by atoms with Gasteiger partial charge in [0.1, 0.15) is 0 Å². The molecule has 0 spiro atoms. The summed E-state index contributed by atoms with van der Waals surface area (Å²) < 4.78 is 28.5. The highest BCUT2D eigenvalue weighted by Crippen LogP contribution is 2.21. The Kier molecular flexibility index (Phi) is 6.34. The number of rotatable bonds is 6. The molecule has 7 heteroatoms. The molecule has 1 saturated heterocycles. The Labute approximate surface area is 169 Å². The van der Waals surface area contributed by atoms with Crippen LogP contribution in [0.5, 0.6) is 0 Å². The fraction of sp³-hybridized carbons (Fsp3) is 0.350. The van der Waals surface area contributed by atoms with Crippen molar-refractivity contribution in [2.24, 2.45) is 0 Å². The van der Waals surface area contributed by atoms with Crippen LogP contribution < -0.4 is 0 Å². The molecule has 1 aliphatic rings. The maximum atomic E-state index is 13.2. The maximum Gasteiger partial charge on any atom is 0.243 e. The van der Waals surface area contributed by atoms with Crippen molar-refractivity contribution in [2.45, 2.75) is 31.2 Å². The van der Waals surface area contributed by atoms with Gasteiger partial charge in [0.15, 0.2) is 0 Å². The summed E-state index contributed by atoms with van der Waals surface area (Å²) in [6.07, 6.45) is 1.95. The van der Waals surface area contributed by atoms with Crippen LogP contribution in [0, 0.1) is 6.92 Å². The third kappa shape index (κ3) is 4.97. The summed E-state index contributed by atoms with van der Waals surface area (Å²) in [5.41, 5.74) is 1.96. The third-order valence-corrected chi connectivity index (χ3v) is 7.04. The van der Waals surface area contributed by atoms with Crippen LogP contribution >= 0.6 is 15.9 Å². The van der Waals surface area contributed by atoms with E-state index in [-0.39, 0.29) is 23.9 Å². The minimum absolute atomic E-state index is 0.139. The van der Waals surface area contributed by atoms with Gasteiger partial charge in [-0.2, -0.15) is 4.31 Å². The molecule has 2 aromatic carbocycles. The van der Waals surface area contributed by atoms with Crippen molar-refractivity contribution in [1.82, 2.24) is 9.21 Å². The molecule has 27 heavy (non-hydrogen) atoms. The van der Waals surface area contributed by atoms with Gasteiger partial charge in [-0.05, 0) is 49.6 Å². The Morgan fingerprint density at radius 2 is 1.63 bits per heavy atom. The second kappa shape index (κ2) is 8.54. The van der Waals surface area contributed by atoms with Crippen molar-refractivity contribution >= 4 is 31.9 Å². The van der Waals surface area contributed by atoms with E-state index >= 15 is 0 Å². The molecular formula is C20H23BrN2O3S. The zero-order chi connectivity index (χ0) is 19.4. The molecule has 0 unspecified atom stereocenters. The first-order chi connectivity index (χ1) is 12.9. The predicted octanol–water partition coefficient (Wildman–Crippen LogP) is 3.57. The van der Waals surface area contributed by atoms with Crippen LogP contribution in [0.1, 0.15) is 24.0 Å². The molecule has 0 atom stereocenters. The summed E-state index contributed by atoms with van der Waals surface area (Å²) in [5.74, 6) is -0.139. The fourth-order valence-corrected chi connectivity index (χ4v) is 4.74. The molecular weight excluding hydrogens is 428 g/mol. The number of likely N-dealkylation sites (tertiary alicyclic amines) is 1. The zero-order valence-corrected chi connectivity index (χ0v) is 17.7. The monoisotopic (exact) mass is 450 g/mol. The van der Waals surface area contributed by atoms with Gasteiger partial charge in [-0.3, -0.25) is 4.79 Å². The topological polar surface area (TPSA) is 57.7 Å². The number of hydrogen-bond donors (Lipinski definition) is 0. The molecule has 1 heterocycles. The Morgan fingerprint density at radius 3 is 2.22 bits per heavy atom. The van der Waals surface area contributed by atoms with E-state index in [0.29, 0.717) is 13.1 Å². The highest BCUT2D eigenvalue weighted by atomic mass is 79.9. The lowest BCUT2D eigenvalue weighted by atomic mass is 10.1. The first kappa shape index (κ1) is 20.0. The maximum absolute atomic E-state index is 13.2. The van der Waals surface area contributed by atoms with Crippen molar-refractivity contribution < 1.29 is 13.2 Å². The van der Waals surface area contributed by atoms with Crippen LogP contribution in [0.15, 0.2) is 57.9 Å². The van der Waals surface area contributed by atoms with Gasteiger partial charge in [0.05, 0.1) is 11.4 Å². The SMILES string of the molecule is Cc1ccc(CN(CC(=O)N2CCCC2)S(=O)(=O)c2ccc(Br)cc2)cc1. The van der Waals surface area contributed by atoms with Crippen molar-refractivity contribution in [2.75, 3.05) is 19.6 Å². The number of benzene rings is 2. The lowest BCUT2D eigenvalue weighted by molar-refractivity contribution is -0.130. The van der Waals surface area contributed by atoms with Gasteiger partial charge in [0, 0.05) is 24.1 Å². The number of aryl methyl sites for hydroxylation is 1. The van der Waals surface area contributed by atoms with Crippen molar-refractivity contribution in [3.8, 4) is 0 Å². The molecule has 144 valence electrons. The molecule has 0 radical (unpaired) electrons. The summed E-state index contributed by atoms with van der Waals surface area (Å²) in [5, 5.41) is 0. The van der Waals surface area contributed by atoms with Crippen LogP contribution in [0.4, 0.5) is 0 Å². The van der Waals surface area contributed by atoms with E-state index in [4.69, 9.17) is 0 Å². The largest absolute Gasteiger partial charge is 0.342 e. The van der Waals surface area contributed by atoms with Crippen molar-refractivity contribution in [3.63, 3.8) is 0 Å². The number of sulfonamides is 1. The lowest BCUT2D eigenvalue weighted by Gasteiger charge is -2.25. The molecule has 1 fully saturated rings. The number of carbonyl (C=O) groups is 1. The van der Waals surface area contributed by atoms with Crippen LogP contribution in [0.3, 0.4) is 0 Å². The van der Waals surface area contributed by atoms with Gasteiger partial charge >= 0.3 is 0 Å². The Bertz CT molecular complexity index is 890. The summed E-state index contributed by atoms with van der Waals surface area (Å²) in [6, 6.07) is 14.2. The molecule has 0 bridgehead atoms. The Hall–Kier alpha value is -1.70. The number of amides is 1. The second-order valence-corrected chi connectivity index (χ2v) is 9.65. The van der Waals surface area contributed by atoms with Gasteiger partial charge in [-0.15, -0.1) is 0 Å². The first-order valence-electron chi connectivity index (χ1n) is 8.95. The van der Waals surface area contributed by atoms with Gasteiger partial charge in [0.2, 0.25) is 15.9 Å². The van der Waals surface area contributed by atoms with Gasteiger partial charge in [0.25, 0.3) is 0 Å². The lowest BCUT2D eigenvalue weighted by Crippen LogP contribution is -2.41. The molecule has 1 aliphatic heterocycles. The van der Waals surface area contributed by atoms with Gasteiger partial charge in [-0.1, -0.05) is 45.8 Å². The third-order valence-electron chi connectivity index (χ3n) is 4.70. The van der Waals surface area contributed by atoms with Crippen LogP contribution in [0.25, 0.3) is 0 Å².